The van der Waals surface area contributed by atoms with Crippen LogP contribution in [0.25, 0.3) is 0 Å². The smallest absolute Gasteiger partial charge is 0.132 e. The number of benzene rings is 1. The number of hydrogen-bond donors (Lipinski definition) is 0. The summed E-state index contributed by atoms with van der Waals surface area (Å²) >= 11 is 0. The molecule has 1 nitrogen and oxygen atoms in total. The Morgan fingerprint density at radius 1 is 1.43 bits per heavy atom. The van der Waals surface area contributed by atoms with E-state index in [1.165, 1.54) is 12.1 Å². The maximum atomic E-state index is 13.4. The van der Waals surface area contributed by atoms with Crippen molar-refractivity contribution in [3.05, 3.63) is 34.9 Å². The summed E-state index contributed by atoms with van der Waals surface area (Å²) in [5, 5.41) is 0. The summed E-state index contributed by atoms with van der Waals surface area (Å²) in [6.45, 7) is 3.21. The van der Waals surface area contributed by atoms with Gasteiger partial charge >= 0.3 is 0 Å². The molecule has 3 heteroatoms. The maximum absolute atomic E-state index is 13.4. The van der Waals surface area contributed by atoms with E-state index in [4.69, 9.17) is 0 Å². The molecular weight excluding hydrogens is 186 g/mol. The Morgan fingerprint density at radius 2 is 2.07 bits per heavy atom. The van der Waals surface area contributed by atoms with Gasteiger partial charge in [-0.2, -0.15) is 0 Å². The van der Waals surface area contributed by atoms with Gasteiger partial charge in [0.25, 0.3) is 0 Å². The zero-order valence-corrected chi connectivity index (χ0v) is 8.18. The number of carbonyl (C=O) groups excluding carboxylic acids is 1. The number of halogens is 2. The van der Waals surface area contributed by atoms with Crippen molar-refractivity contribution >= 4 is 6.29 Å². The van der Waals surface area contributed by atoms with Crippen molar-refractivity contribution in [3.8, 4) is 0 Å². The van der Waals surface area contributed by atoms with E-state index in [-0.39, 0.29) is 17.9 Å². The van der Waals surface area contributed by atoms with Crippen LogP contribution in [0.5, 0.6) is 0 Å². The van der Waals surface area contributed by atoms with Crippen LogP contribution < -0.4 is 0 Å². The summed E-state index contributed by atoms with van der Waals surface area (Å²) < 4.78 is 26.6. The van der Waals surface area contributed by atoms with E-state index < -0.39 is 11.6 Å². The lowest BCUT2D eigenvalue weighted by molar-refractivity contribution is -0.110. The quantitative estimate of drug-likeness (QED) is 0.682. The first-order valence-electron chi connectivity index (χ1n) is 4.45. The first-order chi connectivity index (χ1) is 6.56. The number of hydrogen-bond acceptors (Lipinski definition) is 1. The highest BCUT2D eigenvalue weighted by Crippen LogP contribution is 2.19. The van der Waals surface area contributed by atoms with Gasteiger partial charge in [0.1, 0.15) is 17.9 Å². The van der Waals surface area contributed by atoms with Crippen LogP contribution in [0.2, 0.25) is 0 Å². The lowest BCUT2D eigenvalue weighted by Crippen LogP contribution is -2.06. The Hall–Kier alpha value is -1.25. The van der Waals surface area contributed by atoms with E-state index in [9.17, 15) is 13.6 Å². The summed E-state index contributed by atoms with van der Waals surface area (Å²) in [6, 6.07) is 2.62. The molecule has 0 aliphatic rings. The van der Waals surface area contributed by atoms with Crippen LogP contribution in [0.4, 0.5) is 8.78 Å². The third-order valence-electron chi connectivity index (χ3n) is 2.14. The average Bonchev–Trinajstić information content (AvgIpc) is 2.18. The van der Waals surface area contributed by atoms with E-state index in [1.54, 1.807) is 13.8 Å². The molecule has 0 fully saturated rings. The summed E-state index contributed by atoms with van der Waals surface area (Å²) in [7, 11) is 0. The average molecular weight is 198 g/mol. The number of aryl methyl sites for hydroxylation is 1. The predicted octanol–water partition coefficient (Wildman–Crippen LogP) is 2.65. The molecule has 0 spiro atoms. The molecule has 0 heterocycles. The fourth-order valence-corrected chi connectivity index (χ4v) is 1.27. The molecule has 76 valence electrons. The van der Waals surface area contributed by atoms with E-state index in [0.29, 0.717) is 11.8 Å². The lowest BCUT2D eigenvalue weighted by Gasteiger charge is -2.08. The standard InChI is InChI=1S/C11H12F2O/c1-7(6-14)5-9-10(12)4-3-8(2)11(9)13/h3-4,6-7H,5H2,1-2H3. The summed E-state index contributed by atoms with van der Waals surface area (Å²) in [6.07, 6.45) is 0.810. The minimum absolute atomic E-state index is 0.00426. The Bertz CT molecular complexity index is 347. The van der Waals surface area contributed by atoms with Gasteiger partial charge in [0.2, 0.25) is 0 Å². The van der Waals surface area contributed by atoms with Gasteiger partial charge in [0.15, 0.2) is 0 Å². The third kappa shape index (κ3) is 2.16. The fourth-order valence-electron chi connectivity index (χ4n) is 1.27. The molecule has 1 aromatic rings. The Labute approximate surface area is 81.7 Å². The van der Waals surface area contributed by atoms with Gasteiger partial charge in [-0.1, -0.05) is 13.0 Å². The molecule has 0 N–H and O–H groups in total. The molecule has 1 rings (SSSR count). The predicted molar refractivity (Wildman–Crippen MR) is 50.0 cm³/mol. The van der Waals surface area contributed by atoms with Gasteiger partial charge in [-0.15, -0.1) is 0 Å². The van der Waals surface area contributed by atoms with Gasteiger partial charge in [-0.05, 0) is 25.0 Å². The van der Waals surface area contributed by atoms with Crippen molar-refractivity contribution in [3.63, 3.8) is 0 Å². The molecular formula is C11H12F2O. The van der Waals surface area contributed by atoms with Crippen LogP contribution in [-0.4, -0.2) is 6.29 Å². The topological polar surface area (TPSA) is 17.1 Å². The van der Waals surface area contributed by atoms with E-state index in [1.807, 2.05) is 0 Å². The second-order valence-corrected chi connectivity index (χ2v) is 3.47. The van der Waals surface area contributed by atoms with E-state index >= 15 is 0 Å². The third-order valence-corrected chi connectivity index (χ3v) is 2.14. The Balaban J connectivity index is 3.06. The van der Waals surface area contributed by atoms with Gasteiger partial charge < -0.3 is 4.79 Å². The van der Waals surface area contributed by atoms with Crippen LogP contribution in [0.15, 0.2) is 12.1 Å². The van der Waals surface area contributed by atoms with Crippen molar-refractivity contribution in [2.24, 2.45) is 5.92 Å². The molecule has 1 atom stereocenters. The first-order valence-corrected chi connectivity index (χ1v) is 4.45. The number of rotatable bonds is 3. The zero-order chi connectivity index (χ0) is 10.7. The molecule has 1 aromatic carbocycles. The van der Waals surface area contributed by atoms with Gasteiger partial charge in [0, 0.05) is 11.5 Å². The number of carbonyl (C=O) groups is 1. The Morgan fingerprint density at radius 3 is 2.64 bits per heavy atom. The highest BCUT2D eigenvalue weighted by atomic mass is 19.1. The highest BCUT2D eigenvalue weighted by Gasteiger charge is 2.13. The monoisotopic (exact) mass is 198 g/mol. The molecule has 14 heavy (non-hydrogen) atoms. The van der Waals surface area contributed by atoms with Crippen molar-refractivity contribution < 1.29 is 13.6 Å². The minimum atomic E-state index is -0.582. The van der Waals surface area contributed by atoms with E-state index in [0.717, 1.165) is 0 Å². The van der Waals surface area contributed by atoms with Crippen LogP contribution in [0, 0.1) is 24.5 Å². The van der Waals surface area contributed by atoms with Crippen molar-refractivity contribution in [1.29, 1.82) is 0 Å². The van der Waals surface area contributed by atoms with Gasteiger partial charge in [0.05, 0.1) is 0 Å². The second kappa shape index (κ2) is 4.31. The normalized spacial score (nSPS) is 12.6. The lowest BCUT2D eigenvalue weighted by atomic mass is 9.99. The molecule has 0 aliphatic carbocycles. The molecule has 0 saturated heterocycles. The SMILES string of the molecule is Cc1ccc(F)c(CC(C)C=O)c1F. The van der Waals surface area contributed by atoms with Crippen molar-refractivity contribution in [1.82, 2.24) is 0 Å². The molecule has 0 bridgehead atoms. The molecule has 0 aliphatic heterocycles. The summed E-state index contributed by atoms with van der Waals surface area (Å²) in [5.41, 5.74) is 0.407. The van der Waals surface area contributed by atoms with Crippen LogP contribution in [0.1, 0.15) is 18.1 Å². The van der Waals surface area contributed by atoms with E-state index in [2.05, 4.69) is 0 Å². The molecule has 0 radical (unpaired) electrons. The minimum Gasteiger partial charge on any atom is -0.303 e. The summed E-state index contributed by atoms with van der Waals surface area (Å²) in [4.78, 5) is 10.4. The van der Waals surface area contributed by atoms with Crippen molar-refractivity contribution in [2.45, 2.75) is 20.3 Å². The second-order valence-electron chi connectivity index (χ2n) is 3.47. The highest BCUT2D eigenvalue weighted by molar-refractivity contribution is 5.53. The molecule has 0 aromatic heterocycles. The largest absolute Gasteiger partial charge is 0.303 e. The number of aldehydes is 1. The fraction of sp³-hybridized carbons (Fsp3) is 0.364. The molecule has 1 unspecified atom stereocenters. The molecule has 0 saturated carbocycles. The summed E-state index contributed by atoms with van der Waals surface area (Å²) in [5.74, 6) is -1.48. The van der Waals surface area contributed by atoms with Gasteiger partial charge in [-0.3, -0.25) is 0 Å². The molecule has 0 amide bonds. The first kappa shape index (κ1) is 10.8. The van der Waals surface area contributed by atoms with Crippen molar-refractivity contribution in [2.75, 3.05) is 0 Å². The van der Waals surface area contributed by atoms with Crippen LogP contribution in [-0.2, 0) is 11.2 Å². The Kier molecular flexibility index (Phi) is 3.33. The zero-order valence-electron chi connectivity index (χ0n) is 8.18. The maximum Gasteiger partial charge on any atom is 0.132 e. The van der Waals surface area contributed by atoms with Crippen LogP contribution in [0.3, 0.4) is 0 Å². The van der Waals surface area contributed by atoms with Crippen LogP contribution >= 0.6 is 0 Å². The van der Waals surface area contributed by atoms with Gasteiger partial charge in [-0.25, -0.2) is 8.78 Å².